The summed E-state index contributed by atoms with van der Waals surface area (Å²) in [7, 11) is 0. The van der Waals surface area contributed by atoms with Crippen molar-refractivity contribution in [3.05, 3.63) is 53.8 Å². The number of carbonyl (C=O) groups excluding carboxylic acids is 1. The Morgan fingerprint density at radius 2 is 2.04 bits per heavy atom. The molecule has 0 aliphatic carbocycles. The minimum absolute atomic E-state index is 0.00221. The van der Waals surface area contributed by atoms with Crippen molar-refractivity contribution < 1.29 is 9.21 Å². The molecule has 7 heteroatoms. The average Bonchev–Trinajstić information content (AvgIpc) is 3.42. The second-order valence-electron chi connectivity index (χ2n) is 7.44. The fraction of sp³-hybridized carbons (Fsp3) is 0.381. The summed E-state index contributed by atoms with van der Waals surface area (Å²) in [5, 5.41) is 4.84. The number of fused-ring (bicyclic) bond motifs is 1. The van der Waals surface area contributed by atoms with Crippen LogP contribution in [0.3, 0.4) is 0 Å². The van der Waals surface area contributed by atoms with Crippen LogP contribution in [0.1, 0.15) is 41.2 Å². The zero-order valence-corrected chi connectivity index (χ0v) is 16.6. The Bertz CT molecular complexity index is 992. The maximum Gasteiger partial charge on any atom is 0.264 e. The number of likely N-dealkylation sites (tertiary alicyclic amines) is 1. The SMILES string of the molecule is Cc1cccc(C(C2Sc3nc(-c4ccco4)nn3C2=O)N2CCCCC2)c1. The smallest absolute Gasteiger partial charge is 0.264 e. The summed E-state index contributed by atoms with van der Waals surface area (Å²) < 4.78 is 6.83. The number of hydrogen-bond donors (Lipinski definition) is 0. The summed E-state index contributed by atoms with van der Waals surface area (Å²) in [5.74, 6) is 1.05. The number of hydrogen-bond acceptors (Lipinski definition) is 6. The molecule has 2 unspecified atom stereocenters. The van der Waals surface area contributed by atoms with Crippen LogP contribution in [0.25, 0.3) is 11.6 Å². The molecule has 144 valence electrons. The molecule has 0 amide bonds. The lowest BCUT2D eigenvalue weighted by Gasteiger charge is -2.37. The molecule has 0 bridgehead atoms. The minimum Gasteiger partial charge on any atom is -0.461 e. The summed E-state index contributed by atoms with van der Waals surface area (Å²) >= 11 is 1.52. The van der Waals surface area contributed by atoms with E-state index in [4.69, 9.17) is 4.42 Å². The van der Waals surface area contributed by atoms with Gasteiger partial charge < -0.3 is 4.42 Å². The molecule has 2 atom stereocenters. The lowest BCUT2D eigenvalue weighted by atomic mass is 9.97. The third kappa shape index (κ3) is 3.08. The summed E-state index contributed by atoms with van der Waals surface area (Å²) in [6, 6.07) is 12.2. The van der Waals surface area contributed by atoms with E-state index in [1.807, 2.05) is 0 Å². The topological polar surface area (TPSA) is 64.2 Å². The summed E-state index contributed by atoms with van der Waals surface area (Å²) in [4.78, 5) is 20.3. The van der Waals surface area contributed by atoms with Gasteiger partial charge in [0.15, 0.2) is 10.9 Å². The zero-order valence-electron chi connectivity index (χ0n) is 15.7. The van der Waals surface area contributed by atoms with Crippen LogP contribution in [0.4, 0.5) is 0 Å². The Hall–Kier alpha value is -2.38. The predicted octanol–water partition coefficient (Wildman–Crippen LogP) is 4.19. The standard InChI is InChI=1S/C21H22N4O2S/c1-14-7-5-8-15(13-14)17(24-10-3-2-4-11-24)18-20(26)25-21(28-18)22-19(23-25)16-9-6-12-27-16/h5-9,12-13,17-18H,2-4,10-11H2,1H3. The van der Waals surface area contributed by atoms with Crippen LogP contribution in [-0.2, 0) is 0 Å². The predicted molar refractivity (Wildman–Crippen MR) is 107 cm³/mol. The number of aryl methyl sites for hydroxylation is 1. The van der Waals surface area contributed by atoms with E-state index in [9.17, 15) is 4.79 Å². The molecular weight excluding hydrogens is 372 g/mol. The molecule has 0 saturated carbocycles. The van der Waals surface area contributed by atoms with Gasteiger partial charge in [0.1, 0.15) is 5.25 Å². The lowest BCUT2D eigenvalue weighted by molar-refractivity contribution is 0.0818. The molecule has 1 saturated heterocycles. The number of benzene rings is 1. The van der Waals surface area contributed by atoms with Gasteiger partial charge in [-0.05, 0) is 50.6 Å². The molecule has 6 nitrogen and oxygen atoms in total. The van der Waals surface area contributed by atoms with E-state index in [0.717, 1.165) is 13.1 Å². The normalized spacial score (nSPS) is 21.0. The van der Waals surface area contributed by atoms with Crippen LogP contribution in [0, 0.1) is 6.92 Å². The molecule has 2 aromatic heterocycles. The Morgan fingerprint density at radius 1 is 1.18 bits per heavy atom. The van der Waals surface area contributed by atoms with E-state index in [2.05, 4.69) is 46.2 Å². The molecule has 1 fully saturated rings. The van der Waals surface area contributed by atoms with Gasteiger partial charge >= 0.3 is 0 Å². The molecule has 28 heavy (non-hydrogen) atoms. The summed E-state index contributed by atoms with van der Waals surface area (Å²) in [6.45, 7) is 4.15. The molecule has 1 aromatic carbocycles. The molecular formula is C21H22N4O2S. The van der Waals surface area contributed by atoms with E-state index in [-0.39, 0.29) is 17.2 Å². The fourth-order valence-electron chi connectivity index (χ4n) is 4.14. The van der Waals surface area contributed by atoms with Crippen LogP contribution >= 0.6 is 11.8 Å². The zero-order chi connectivity index (χ0) is 19.1. The van der Waals surface area contributed by atoms with Gasteiger partial charge in [0.05, 0.1) is 12.3 Å². The Kier molecular flexibility index (Phi) is 4.56. The maximum absolute atomic E-state index is 13.3. The van der Waals surface area contributed by atoms with Crippen molar-refractivity contribution in [2.24, 2.45) is 0 Å². The quantitative estimate of drug-likeness (QED) is 0.661. The average molecular weight is 395 g/mol. The van der Waals surface area contributed by atoms with E-state index in [1.165, 1.54) is 46.8 Å². The van der Waals surface area contributed by atoms with Crippen LogP contribution in [0.5, 0.6) is 0 Å². The highest BCUT2D eigenvalue weighted by Crippen LogP contribution is 2.42. The molecule has 3 aromatic rings. The Morgan fingerprint density at radius 3 is 2.75 bits per heavy atom. The van der Waals surface area contributed by atoms with Crippen molar-refractivity contribution in [3.8, 4) is 11.6 Å². The lowest BCUT2D eigenvalue weighted by Crippen LogP contribution is -2.41. The molecule has 0 spiro atoms. The number of rotatable bonds is 4. The second-order valence-corrected chi connectivity index (χ2v) is 8.55. The van der Waals surface area contributed by atoms with E-state index >= 15 is 0 Å². The van der Waals surface area contributed by atoms with Crippen molar-refractivity contribution in [1.82, 2.24) is 19.7 Å². The maximum atomic E-state index is 13.3. The van der Waals surface area contributed by atoms with Gasteiger partial charge in [-0.15, -0.1) is 5.10 Å². The van der Waals surface area contributed by atoms with Crippen LogP contribution in [0.2, 0.25) is 0 Å². The third-order valence-corrected chi connectivity index (χ3v) is 6.65. The molecule has 5 rings (SSSR count). The van der Waals surface area contributed by atoms with Crippen LogP contribution < -0.4 is 0 Å². The molecule has 2 aliphatic heterocycles. The number of nitrogens with zero attached hydrogens (tertiary/aromatic N) is 4. The number of thioether (sulfide) groups is 1. The summed E-state index contributed by atoms with van der Waals surface area (Å²) in [5.41, 5.74) is 2.41. The van der Waals surface area contributed by atoms with Gasteiger partial charge in [-0.25, -0.2) is 0 Å². The first-order chi connectivity index (χ1) is 13.7. The van der Waals surface area contributed by atoms with Gasteiger partial charge in [-0.3, -0.25) is 9.69 Å². The van der Waals surface area contributed by atoms with Crippen molar-refractivity contribution >= 4 is 17.7 Å². The largest absolute Gasteiger partial charge is 0.461 e. The highest BCUT2D eigenvalue weighted by atomic mass is 32.2. The first-order valence-electron chi connectivity index (χ1n) is 9.73. The first-order valence-corrected chi connectivity index (χ1v) is 10.6. The molecule has 2 aliphatic rings. The van der Waals surface area contributed by atoms with Gasteiger partial charge in [0, 0.05) is 0 Å². The van der Waals surface area contributed by atoms with Gasteiger partial charge in [0.2, 0.25) is 5.82 Å². The van der Waals surface area contributed by atoms with Crippen molar-refractivity contribution in [2.75, 3.05) is 13.1 Å². The Balaban J connectivity index is 1.48. The molecule has 0 N–H and O–H groups in total. The van der Waals surface area contributed by atoms with Crippen molar-refractivity contribution in [1.29, 1.82) is 0 Å². The molecule has 0 radical (unpaired) electrons. The fourth-order valence-corrected chi connectivity index (χ4v) is 5.40. The van der Waals surface area contributed by atoms with Gasteiger partial charge in [-0.1, -0.05) is 48.0 Å². The van der Waals surface area contributed by atoms with E-state index < -0.39 is 0 Å². The van der Waals surface area contributed by atoms with Gasteiger partial charge in [0.25, 0.3) is 5.91 Å². The van der Waals surface area contributed by atoms with Crippen LogP contribution in [0.15, 0.2) is 52.2 Å². The number of furan rings is 1. The number of aromatic nitrogens is 3. The van der Waals surface area contributed by atoms with Crippen molar-refractivity contribution in [2.45, 2.75) is 42.6 Å². The third-order valence-electron chi connectivity index (χ3n) is 5.46. The first kappa shape index (κ1) is 17.7. The minimum atomic E-state index is -0.236. The number of carbonyl (C=O) groups is 1. The highest BCUT2D eigenvalue weighted by Gasteiger charge is 2.43. The van der Waals surface area contributed by atoms with Gasteiger partial charge in [-0.2, -0.15) is 9.67 Å². The molecule has 4 heterocycles. The van der Waals surface area contributed by atoms with E-state index in [1.54, 1.807) is 18.4 Å². The van der Waals surface area contributed by atoms with Crippen LogP contribution in [-0.4, -0.2) is 43.9 Å². The highest BCUT2D eigenvalue weighted by molar-refractivity contribution is 8.00. The van der Waals surface area contributed by atoms with Crippen molar-refractivity contribution in [3.63, 3.8) is 0 Å². The summed E-state index contributed by atoms with van der Waals surface area (Å²) in [6.07, 6.45) is 5.21. The Labute approximate surface area is 167 Å². The second kappa shape index (κ2) is 7.22. The van der Waals surface area contributed by atoms with E-state index in [0.29, 0.717) is 16.7 Å². The number of piperidine rings is 1. The monoisotopic (exact) mass is 394 g/mol.